The molecule has 1 saturated heterocycles. The van der Waals surface area contributed by atoms with E-state index in [1.807, 2.05) is 19.1 Å². The average Bonchev–Trinajstić information content (AvgIpc) is 3.32. The van der Waals surface area contributed by atoms with Gasteiger partial charge in [-0.1, -0.05) is 6.07 Å². The number of hydrogen-bond acceptors (Lipinski definition) is 5. The van der Waals surface area contributed by atoms with Crippen LogP contribution in [0.5, 0.6) is 5.75 Å². The molecule has 2 heterocycles. The third-order valence-corrected chi connectivity index (χ3v) is 5.88. The first-order valence-corrected chi connectivity index (χ1v) is 11.0. The Kier molecular flexibility index (Phi) is 6.82. The molecule has 1 aliphatic heterocycles. The minimum atomic E-state index is -0.398. The summed E-state index contributed by atoms with van der Waals surface area (Å²) in [5, 5.41) is 5.97. The van der Waals surface area contributed by atoms with Gasteiger partial charge in [-0.05, 0) is 75.8 Å². The molecule has 7 nitrogen and oxygen atoms in total. The number of hydrogen-bond donors (Lipinski definition) is 2. The average molecular weight is 424 g/mol. The van der Waals surface area contributed by atoms with Gasteiger partial charge in [0.2, 0.25) is 0 Å². The number of nitrogens with one attached hydrogen (secondary N) is 2. The normalized spacial score (nSPS) is 23.2. The molecular formula is C24H29N3O4. The first kappa shape index (κ1) is 21.3. The summed E-state index contributed by atoms with van der Waals surface area (Å²) in [7, 11) is 0. The van der Waals surface area contributed by atoms with Crippen LogP contribution in [0.4, 0.5) is 5.69 Å². The fourth-order valence-corrected chi connectivity index (χ4v) is 4.11. The number of carbonyl (C=O) groups is 2. The summed E-state index contributed by atoms with van der Waals surface area (Å²) in [6.07, 6.45) is 6.65. The lowest BCUT2D eigenvalue weighted by Crippen LogP contribution is -2.39. The van der Waals surface area contributed by atoms with E-state index in [1.165, 1.54) is 0 Å². The van der Waals surface area contributed by atoms with Crippen LogP contribution >= 0.6 is 0 Å². The van der Waals surface area contributed by atoms with Crippen molar-refractivity contribution in [2.45, 2.75) is 63.7 Å². The van der Waals surface area contributed by atoms with Crippen LogP contribution in [0.15, 0.2) is 42.6 Å². The van der Waals surface area contributed by atoms with Gasteiger partial charge in [0.25, 0.3) is 11.8 Å². The molecule has 7 heteroatoms. The Balaban J connectivity index is 1.27. The second-order valence-electron chi connectivity index (χ2n) is 8.22. The standard InChI is InChI=1S/C24H29N3O4/c1-16-21(7-3-13-25-16)31-20-11-9-18(10-12-20)26-23(28)17-5-2-6-19(15-17)27-24(29)22-8-4-14-30-22/h2-3,5-7,13,15,18,20,22H,4,8-12,14H2,1H3,(H,26,28)(H,27,29). The summed E-state index contributed by atoms with van der Waals surface area (Å²) in [4.78, 5) is 29.2. The quantitative estimate of drug-likeness (QED) is 0.741. The van der Waals surface area contributed by atoms with Gasteiger partial charge in [-0.3, -0.25) is 14.6 Å². The highest BCUT2D eigenvalue weighted by Crippen LogP contribution is 2.25. The second kappa shape index (κ2) is 9.92. The molecule has 164 valence electrons. The number of nitrogens with zero attached hydrogens (tertiary/aromatic N) is 1. The molecule has 1 saturated carbocycles. The van der Waals surface area contributed by atoms with Gasteiger partial charge in [0.1, 0.15) is 11.9 Å². The van der Waals surface area contributed by atoms with Crippen molar-refractivity contribution in [1.29, 1.82) is 0 Å². The van der Waals surface area contributed by atoms with Gasteiger partial charge in [-0.15, -0.1) is 0 Å². The lowest BCUT2D eigenvalue weighted by atomic mass is 9.92. The van der Waals surface area contributed by atoms with Crippen LogP contribution < -0.4 is 15.4 Å². The number of aryl methyl sites for hydroxylation is 1. The Morgan fingerprint density at radius 1 is 1.10 bits per heavy atom. The van der Waals surface area contributed by atoms with Crippen molar-refractivity contribution >= 4 is 17.5 Å². The third kappa shape index (κ3) is 5.61. The fraction of sp³-hybridized carbons (Fsp3) is 0.458. The van der Waals surface area contributed by atoms with Crippen molar-refractivity contribution in [3.05, 3.63) is 53.9 Å². The third-order valence-electron chi connectivity index (χ3n) is 5.88. The first-order valence-electron chi connectivity index (χ1n) is 11.0. The van der Waals surface area contributed by atoms with Crippen LogP contribution in [0.1, 0.15) is 54.6 Å². The molecule has 0 radical (unpaired) electrons. The molecular weight excluding hydrogens is 394 g/mol. The van der Waals surface area contributed by atoms with E-state index in [-0.39, 0.29) is 24.0 Å². The fourth-order valence-electron chi connectivity index (χ4n) is 4.11. The van der Waals surface area contributed by atoms with E-state index in [9.17, 15) is 9.59 Å². The summed E-state index contributed by atoms with van der Waals surface area (Å²) >= 11 is 0. The smallest absolute Gasteiger partial charge is 0.253 e. The predicted molar refractivity (Wildman–Crippen MR) is 117 cm³/mol. The number of aromatic nitrogens is 1. The van der Waals surface area contributed by atoms with Crippen LogP contribution in [0.3, 0.4) is 0 Å². The molecule has 2 aromatic rings. The molecule has 1 aromatic heterocycles. The number of benzene rings is 1. The molecule has 1 unspecified atom stereocenters. The van der Waals surface area contributed by atoms with Gasteiger partial charge in [0.05, 0.1) is 11.8 Å². The zero-order chi connectivity index (χ0) is 21.6. The number of anilines is 1. The minimum Gasteiger partial charge on any atom is -0.489 e. The highest BCUT2D eigenvalue weighted by Gasteiger charge is 2.25. The molecule has 2 amide bonds. The van der Waals surface area contributed by atoms with Gasteiger partial charge in [-0.2, -0.15) is 0 Å². The van der Waals surface area contributed by atoms with Crippen LogP contribution in [0.2, 0.25) is 0 Å². The molecule has 2 aliphatic rings. The molecule has 1 aromatic carbocycles. The molecule has 2 fully saturated rings. The Labute approximate surface area is 182 Å². The molecule has 1 aliphatic carbocycles. The molecule has 1 atom stereocenters. The SMILES string of the molecule is Cc1ncccc1OC1CCC(NC(=O)c2cccc(NC(=O)C3CCCO3)c2)CC1. The zero-order valence-electron chi connectivity index (χ0n) is 17.8. The van der Waals surface area contributed by atoms with E-state index < -0.39 is 6.10 Å². The summed E-state index contributed by atoms with van der Waals surface area (Å²) in [6, 6.07) is 11.0. The number of ether oxygens (including phenoxy) is 2. The van der Waals surface area contributed by atoms with Gasteiger partial charge < -0.3 is 20.1 Å². The maximum Gasteiger partial charge on any atom is 0.253 e. The van der Waals surface area contributed by atoms with Crippen LogP contribution in [-0.2, 0) is 9.53 Å². The van der Waals surface area contributed by atoms with E-state index >= 15 is 0 Å². The summed E-state index contributed by atoms with van der Waals surface area (Å²) in [5.41, 5.74) is 2.04. The maximum absolute atomic E-state index is 12.7. The Morgan fingerprint density at radius 2 is 1.94 bits per heavy atom. The largest absolute Gasteiger partial charge is 0.489 e. The van der Waals surface area contributed by atoms with Crippen molar-refractivity contribution in [2.75, 3.05) is 11.9 Å². The van der Waals surface area contributed by atoms with E-state index in [2.05, 4.69) is 15.6 Å². The maximum atomic E-state index is 12.7. The van der Waals surface area contributed by atoms with Crippen LogP contribution in [0.25, 0.3) is 0 Å². The molecule has 0 bridgehead atoms. The van der Waals surface area contributed by atoms with Gasteiger partial charge >= 0.3 is 0 Å². The van der Waals surface area contributed by atoms with E-state index in [1.54, 1.807) is 30.5 Å². The molecule has 0 spiro atoms. The monoisotopic (exact) mass is 423 g/mol. The Bertz CT molecular complexity index is 919. The highest BCUT2D eigenvalue weighted by molar-refractivity contribution is 5.98. The molecule has 2 N–H and O–H groups in total. The topological polar surface area (TPSA) is 89.5 Å². The number of carbonyl (C=O) groups excluding carboxylic acids is 2. The van der Waals surface area contributed by atoms with Crippen molar-refractivity contribution in [2.24, 2.45) is 0 Å². The molecule has 4 rings (SSSR count). The number of pyridine rings is 1. The highest BCUT2D eigenvalue weighted by atomic mass is 16.5. The van der Waals surface area contributed by atoms with E-state index in [0.717, 1.165) is 50.0 Å². The summed E-state index contributed by atoms with van der Waals surface area (Å²) in [6.45, 7) is 2.56. The minimum absolute atomic E-state index is 0.118. The zero-order valence-corrected chi connectivity index (χ0v) is 17.8. The Morgan fingerprint density at radius 3 is 2.68 bits per heavy atom. The molecule has 31 heavy (non-hydrogen) atoms. The van der Waals surface area contributed by atoms with Gasteiger partial charge in [-0.25, -0.2) is 0 Å². The summed E-state index contributed by atoms with van der Waals surface area (Å²) < 4.78 is 11.5. The number of amides is 2. The van der Waals surface area contributed by atoms with Crippen molar-refractivity contribution in [3.8, 4) is 5.75 Å². The van der Waals surface area contributed by atoms with Gasteiger partial charge in [0.15, 0.2) is 0 Å². The van der Waals surface area contributed by atoms with Crippen molar-refractivity contribution < 1.29 is 19.1 Å². The van der Waals surface area contributed by atoms with Crippen LogP contribution in [0, 0.1) is 6.92 Å². The van der Waals surface area contributed by atoms with Crippen LogP contribution in [-0.4, -0.2) is 41.7 Å². The predicted octanol–water partition coefficient (Wildman–Crippen LogP) is 3.63. The van der Waals surface area contributed by atoms with Gasteiger partial charge in [0, 0.05) is 30.1 Å². The number of rotatable bonds is 6. The summed E-state index contributed by atoms with van der Waals surface area (Å²) in [5.74, 6) is 0.551. The second-order valence-corrected chi connectivity index (χ2v) is 8.22. The van der Waals surface area contributed by atoms with E-state index in [0.29, 0.717) is 17.9 Å². The lowest BCUT2D eigenvalue weighted by Gasteiger charge is -2.29. The van der Waals surface area contributed by atoms with Crippen molar-refractivity contribution in [1.82, 2.24) is 10.3 Å². The lowest BCUT2D eigenvalue weighted by molar-refractivity contribution is -0.124. The first-order chi connectivity index (χ1) is 15.1. The van der Waals surface area contributed by atoms with Crippen molar-refractivity contribution in [3.63, 3.8) is 0 Å². The van der Waals surface area contributed by atoms with E-state index in [4.69, 9.17) is 9.47 Å². The Hall–Kier alpha value is -2.93.